The number of rotatable bonds is 4. The first-order valence-corrected chi connectivity index (χ1v) is 10.1. The first-order chi connectivity index (χ1) is 14.0. The Morgan fingerprint density at radius 2 is 1.83 bits per heavy atom. The SMILES string of the molecule is Cc1ccc(NC(=O)C2CCN(c3nc(-c4ccc(Cl)cc4)no3)CC2)cc1C. The van der Waals surface area contributed by atoms with E-state index in [4.69, 9.17) is 16.1 Å². The molecule has 6 nitrogen and oxygen atoms in total. The predicted octanol–water partition coefficient (Wildman–Crippen LogP) is 4.86. The zero-order valence-corrected chi connectivity index (χ0v) is 17.2. The first-order valence-electron chi connectivity index (χ1n) is 9.72. The molecule has 29 heavy (non-hydrogen) atoms. The molecule has 7 heteroatoms. The van der Waals surface area contributed by atoms with Crippen LogP contribution < -0.4 is 10.2 Å². The number of nitrogens with zero attached hydrogens (tertiary/aromatic N) is 3. The average molecular weight is 411 g/mol. The van der Waals surface area contributed by atoms with Crippen LogP contribution >= 0.6 is 11.6 Å². The third-order valence-corrected chi connectivity index (χ3v) is 5.68. The van der Waals surface area contributed by atoms with Gasteiger partial charge in [0.05, 0.1) is 0 Å². The van der Waals surface area contributed by atoms with Crippen molar-refractivity contribution in [3.63, 3.8) is 0 Å². The minimum absolute atomic E-state index is 0.0217. The lowest BCUT2D eigenvalue weighted by Crippen LogP contribution is -2.38. The molecule has 0 atom stereocenters. The number of anilines is 2. The molecular formula is C22H23ClN4O2. The van der Waals surface area contributed by atoms with E-state index >= 15 is 0 Å². The molecule has 1 aliphatic heterocycles. The number of amides is 1. The molecule has 0 radical (unpaired) electrons. The summed E-state index contributed by atoms with van der Waals surface area (Å²) >= 11 is 5.93. The van der Waals surface area contributed by atoms with Gasteiger partial charge in [0.25, 0.3) is 0 Å². The molecule has 1 N–H and O–H groups in total. The van der Waals surface area contributed by atoms with E-state index in [1.54, 1.807) is 12.1 Å². The zero-order valence-electron chi connectivity index (χ0n) is 16.5. The number of hydrogen-bond acceptors (Lipinski definition) is 5. The van der Waals surface area contributed by atoms with Crippen molar-refractivity contribution in [3.8, 4) is 11.4 Å². The molecule has 150 valence electrons. The van der Waals surface area contributed by atoms with Crippen LogP contribution in [-0.2, 0) is 4.79 Å². The Hall–Kier alpha value is -2.86. The van der Waals surface area contributed by atoms with Gasteiger partial charge in [0.2, 0.25) is 11.7 Å². The number of hydrogen-bond donors (Lipinski definition) is 1. The van der Waals surface area contributed by atoms with Crippen LogP contribution in [0, 0.1) is 19.8 Å². The lowest BCUT2D eigenvalue weighted by molar-refractivity contribution is -0.120. The third kappa shape index (κ3) is 4.43. The molecular weight excluding hydrogens is 388 g/mol. The van der Waals surface area contributed by atoms with E-state index in [1.165, 1.54) is 11.1 Å². The van der Waals surface area contributed by atoms with Crippen molar-refractivity contribution in [1.82, 2.24) is 10.1 Å². The Kier molecular flexibility index (Phi) is 5.53. The number of nitrogens with one attached hydrogen (secondary N) is 1. The topological polar surface area (TPSA) is 71.3 Å². The maximum absolute atomic E-state index is 12.6. The van der Waals surface area contributed by atoms with Gasteiger partial charge in [0.1, 0.15) is 0 Å². The van der Waals surface area contributed by atoms with Crippen molar-refractivity contribution < 1.29 is 9.32 Å². The van der Waals surface area contributed by atoms with E-state index in [9.17, 15) is 4.79 Å². The van der Waals surface area contributed by atoms with Crippen LogP contribution in [0.3, 0.4) is 0 Å². The molecule has 0 saturated carbocycles. The quantitative estimate of drug-likeness (QED) is 0.664. The molecule has 2 heterocycles. The lowest BCUT2D eigenvalue weighted by atomic mass is 9.96. The largest absolute Gasteiger partial charge is 0.326 e. The number of piperidine rings is 1. The van der Waals surface area contributed by atoms with Crippen molar-refractivity contribution in [3.05, 3.63) is 58.6 Å². The molecule has 3 aromatic rings. The summed E-state index contributed by atoms with van der Waals surface area (Å²) in [5.41, 5.74) is 4.09. The van der Waals surface area contributed by atoms with E-state index in [1.807, 2.05) is 42.2 Å². The summed E-state index contributed by atoms with van der Waals surface area (Å²) in [6.45, 7) is 5.51. The maximum Gasteiger partial charge on any atom is 0.324 e. The molecule has 0 spiro atoms. The summed E-state index contributed by atoms with van der Waals surface area (Å²) in [7, 11) is 0. The fraction of sp³-hybridized carbons (Fsp3) is 0.318. The normalized spacial score (nSPS) is 14.8. The highest BCUT2D eigenvalue weighted by molar-refractivity contribution is 6.30. The highest BCUT2D eigenvalue weighted by atomic mass is 35.5. The molecule has 1 aliphatic rings. The van der Waals surface area contributed by atoms with Crippen LogP contribution in [0.1, 0.15) is 24.0 Å². The first kappa shape index (κ1) is 19.5. The van der Waals surface area contributed by atoms with Gasteiger partial charge in [-0.2, -0.15) is 4.98 Å². The van der Waals surface area contributed by atoms with Crippen LogP contribution in [0.5, 0.6) is 0 Å². The second kappa shape index (κ2) is 8.25. The molecule has 1 fully saturated rings. The number of carbonyl (C=O) groups is 1. The summed E-state index contributed by atoms with van der Waals surface area (Å²) < 4.78 is 5.44. The van der Waals surface area contributed by atoms with Crippen molar-refractivity contribution in [2.24, 2.45) is 5.92 Å². The molecule has 4 rings (SSSR count). The minimum Gasteiger partial charge on any atom is -0.326 e. The number of carbonyl (C=O) groups excluding carboxylic acids is 1. The smallest absolute Gasteiger partial charge is 0.324 e. The Balaban J connectivity index is 1.35. The van der Waals surface area contributed by atoms with Gasteiger partial charge in [0, 0.05) is 35.3 Å². The van der Waals surface area contributed by atoms with Gasteiger partial charge < -0.3 is 14.7 Å². The molecule has 0 unspecified atom stereocenters. The van der Waals surface area contributed by atoms with E-state index in [0.29, 0.717) is 30.0 Å². The highest BCUT2D eigenvalue weighted by Crippen LogP contribution is 2.26. The summed E-state index contributed by atoms with van der Waals surface area (Å²) in [5, 5.41) is 7.78. The minimum atomic E-state index is -0.0217. The molecule has 1 aromatic heterocycles. The van der Waals surface area contributed by atoms with E-state index < -0.39 is 0 Å². The average Bonchev–Trinajstić information content (AvgIpc) is 3.21. The summed E-state index contributed by atoms with van der Waals surface area (Å²) in [5.74, 6) is 0.582. The van der Waals surface area contributed by atoms with Crippen molar-refractivity contribution >= 4 is 29.2 Å². The second-order valence-corrected chi connectivity index (χ2v) is 7.89. The van der Waals surface area contributed by atoms with Gasteiger partial charge in [-0.1, -0.05) is 22.8 Å². The van der Waals surface area contributed by atoms with Crippen LogP contribution in [-0.4, -0.2) is 29.1 Å². The maximum atomic E-state index is 12.6. The number of halogens is 1. The van der Waals surface area contributed by atoms with Gasteiger partial charge in [-0.3, -0.25) is 4.79 Å². The Morgan fingerprint density at radius 3 is 2.52 bits per heavy atom. The van der Waals surface area contributed by atoms with Gasteiger partial charge in [0.15, 0.2) is 0 Å². The van der Waals surface area contributed by atoms with Crippen molar-refractivity contribution in [1.29, 1.82) is 0 Å². The monoisotopic (exact) mass is 410 g/mol. The van der Waals surface area contributed by atoms with Crippen molar-refractivity contribution in [2.75, 3.05) is 23.3 Å². The van der Waals surface area contributed by atoms with Gasteiger partial charge in [-0.25, -0.2) is 0 Å². The number of aryl methyl sites for hydroxylation is 2. The Labute approximate surface area is 174 Å². The van der Waals surface area contributed by atoms with Gasteiger partial charge in [-0.05, 0) is 74.2 Å². The molecule has 0 bridgehead atoms. The Morgan fingerprint density at radius 1 is 1.10 bits per heavy atom. The van der Waals surface area contributed by atoms with Crippen LogP contribution in [0.25, 0.3) is 11.4 Å². The van der Waals surface area contributed by atoms with Crippen LogP contribution in [0.15, 0.2) is 47.0 Å². The summed E-state index contributed by atoms with van der Waals surface area (Å²) in [6.07, 6.45) is 1.49. The molecule has 2 aromatic carbocycles. The Bertz CT molecular complexity index is 1010. The summed E-state index contributed by atoms with van der Waals surface area (Å²) in [6, 6.07) is 13.8. The fourth-order valence-electron chi connectivity index (χ4n) is 3.46. The van der Waals surface area contributed by atoms with E-state index in [0.717, 1.165) is 24.1 Å². The zero-order chi connectivity index (χ0) is 20.4. The predicted molar refractivity (Wildman–Crippen MR) is 114 cm³/mol. The van der Waals surface area contributed by atoms with E-state index in [-0.39, 0.29) is 11.8 Å². The number of benzene rings is 2. The highest BCUT2D eigenvalue weighted by Gasteiger charge is 2.27. The standard InChI is InChI=1S/C22H23ClN4O2/c1-14-3-8-19(13-15(14)2)24-21(28)17-9-11-27(12-10-17)22-25-20(26-29-22)16-4-6-18(23)7-5-16/h3-8,13,17H,9-12H2,1-2H3,(H,24,28). The van der Waals surface area contributed by atoms with Crippen molar-refractivity contribution in [2.45, 2.75) is 26.7 Å². The van der Waals surface area contributed by atoms with Gasteiger partial charge >= 0.3 is 6.01 Å². The number of aromatic nitrogens is 2. The van der Waals surface area contributed by atoms with Crippen LogP contribution in [0.2, 0.25) is 5.02 Å². The summed E-state index contributed by atoms with van der Waals surface area (Å²) in [4.78, 5) is 19.2. The second-order valence-electron chi connectivity index (χ2n) is 7.46. The fourth-order valence-corrected chi connectivity index (χ4v) is 3.58. The lowest BCUT2D eigenvalue weighted by Gasteiger charge is -2.29. The van der Waals surface area contributed by atoms with Crippen LogP contribution in [0.4, 0.5) is 11.7 Å². The third-order valence-electron chi connectivity index (χ3n) is 5.43. The molecule has 1 saturated heterocycles. The van der Waals surface area contributed by atoms with E-state index in [2.05, 4.69) is 22.4 Å². The van der Waals surface area contributed by atoms with Gasteiger partial charge in [-0.15, -0.1) is 0 Å². The molecule has 1 amide bonds. The molecule has 0 aliphatic carbocycles.